The second-order valence-corrected chi connectivity index (χ2v) is 10.2. The second-order valence-electron chi connectivity index (χ2n) is 10.2. The average Bonchev–Trinajstić information content (AvgIpc) is 3.07. The van der Waals surface area contributed by atoms with Crippen LogP contribution in [0.5, 0.6) is 5.75 Å². The minimum atomic E-state index is -0.708. The van der Waals surface area contributed by atoms with Gasteiger partial charge in [-0.1, -0.05) is 97.1 Å². The SMILES string of the molecule is COC(=O)[C@H](Cc1ccc(OCCNC(=O)CCC=CCc2ccccc2)cc1)Nc1ccccc1C(=O)c1ccccc1. The van der Waals surface area contributed by atoms with Gasteiger partial charge in [0.2, 0.25) is 5.91 Å². The van der Waals surface area contributed by atoms with E-state index in [0.717, 1.165) is 12.0 Å². The van der Waals surface area contributed by atoms with Gasteiger partial charge in [0.1, 0.15) is 18.4 Å². The molecule has 0 heterocycles. The largest absolute Gasteiger partial charge is 0.492 e. The number of esters is 1. The fourth-order valence-corrected chi connectivity index (χ4v) is 4.65. The summed E-state index contributed by atoms with van der Waals surface area (Å²) in [5.41, 5.74) is 3.74. The van der Waals surface area contributed by atoms with Crippen molar-refractivity contribution in [3.8, 4) is 5.75 Å². The highest BCUT2D eigenvalue weighted by molar-refractivity contribution is 6.12. The van der Waals surface area contributed by atoms with Crippen molar-refractivity contribution in [3.63, 3.8) is 0 Å². The quantitative estimate of drug-likeness (QED) is 0.0700. The molecule has 0 aliphatic rings. The Morgan fingerprint density at radius 2 is 1.45 bits per heavy atom. The van der Waals surface area contributed by atoms with Crippen LogP contribution in [-0.2, 0) is 27.2 Å². The first-order valence-electron chi connectivity index (χ1n) is 14.7. The molecule has 0 saturated carbocycles. The third kappa shape index (κ3) is 9.98. The van der Waals surface area contributed by atoms with Gasteiger partial charge in [-0.15, -0.1) is 0 Å². The van der Waals surface area contributed by atoms with E-state index in [1.54, 1.807) is 30.3 Å². The molecule has 0 aliphatic heterocycles. The number of rotatable bonds is 16. The number of amides is 1. The highest BCUT2D eigenvalue weighted by atomic mass is 16.5. The van der Waals surface area contributed by atoms with E-state index in [4.69, 9.17) is 9.47 Å². The fraction of sp³-hybridized carbons (Fsp3) is 0.216. The number of nitrogens with one attached hydrogen (secondary N) is 2. The molecule has 44 heavy (non-hydrogen) atoms. The molecule has 4 aromatic carbocycles. The number of carbonyl (C=O) groups is 3. The summed E-state index contributed by atoms with van der Waals surface area (Å²) in [5, 5.41) is 6.10. The molecule has 7 nitrogen and oxygen atoms in total. The smallest absolute Gasteiger partial charge is 0.328 e. The number of benzene rings is 4. The minimum absolute atomic E-state index is 0.0123. The Kier molecular flexibility index (Phi) is 12.3. The molecule has 0 radical (unpaired) electrons. The average molecular weight is 591 g/mol. The first-order valence-corrected chi connectivity index (χ1v) is 14.7. The Bertz CT molecular complexity index is 1520. The van der Waals surface area contributed by atoms with Gasteiger partial charge in [-0.25, -0.2) is 4.79 Å². The fourth-order valence-electron chi connectivity index (χ4n) is 4.65. The van der Waals surface area contributed by atoms with Gasteiger partial charge in [-0.3, -0.25) is 9.59 Å². The zero-order valence-corrected chi connectivity index (χ0v) is 24.9. The van der Waals surface area contributed by atoms with Crippen LogP contribution >= 0.6 is 0 Å². The summed E-state index contributed by atoms with van der Waals surface area (Å²) in [6.45, 7) is 0.747. The number of para-hydroxylation sites is 1. The van der Waals surface area contributed by atoms with Crippen LogP contribution in [0, 0.1) is 0 Å². The van der Waals surface area contributed by atoms with Crippen LogP contribution in [0.1, 0.15) is 39.9 Å². The van der Waals surface area contributed by atoms with E-state index in [9.17, 15) is 14.4 Å². The van der Waals surface area contributed by atoms with Crippen LogP contribution in [0.2, 0.25) is 0 Å². The van der Waals surface area contributed by atoms with Crippen LogP contribution in [0.3, 0.4) is 0 Å². The topological polar surface area (TPSA) is 93.7 Å². The molecule has 0 fully saturated rings. The second kappa shape index (κ2) is 17.1. The van der Waals surface area contributed by atoms with Crippen LogP contribution < -0.4 is 15.4 Å². The normalized spacial score (nSPS) is 11.5. The van der Waals surface area contributed by atoms with Gasteiger partial charge in [0.05, 0.1) is 13.7 Å². The number of hydrogen-bond donors (Lipinski definition) is 2. The monoisotopic (exact) mass is 590 g/mol. The van der Waals surface area contributed by atoms with Crippen LogP contribution in [0.25, 0.3) is 0 Å². The summed E-state index contributed by atoms with van der Waals surface area (Å²) in [6, 6.07) is 33.1. The maximum Gasteiger partial charge on any atom is 0.328 e. The van der Waals surface area contributed by atoms with Crippen molar-refractivity contribution in [2.45, 2.75) is 31.7 Å². The van der Waals surface area contributed by atoms with Gasteiger partial charge in [0.15, 0.2) is 5.78 Å². The van der Waals surface area contributed by atoms with Crippen LogP contribution in [-0.4, -0.2) is 44.0 Å². The summed E-state index contributed by atoms with van der Waals surface area (Å²) < 4.78 is 10.8. The molecule has 1 atom stereocenters. The summed E-state index contributed by atoms with van der Waals surface area (Å²) in [4.78, 5) is 38.0. The van der Waals surface area contributed by atoms with Crippen molar-refractivity contribution in [1.82, 2.24) is 5.32 Å². The molecule has 0 bridgehead atoms. The molecule has 0 saturated heterocycles. The highest BCUT2D eigenvalue weighted by Crippen LogP contribution is 2.22. The van der Waals surface area contributed by atoms with Gasteiger partial charge < -0.3 is 20.1 Å². The van der Waals surface area contributed by atoms with Gasteiger partial charge in [0.25, 0.3) is 0 Å². The van der Waals surface area contributed by atoms with E-state index in [2.05, 4.69) is 28.8 Å². The number of methoxy groups -OCH3 is 1. The van der Waals surface area contributed by atoms with Crippen molar-refractivity contribution in [2.24, 2.45) is 0 Å². The molecule has 7 heteroatoms. The van der Waals surface area contributed by atoms with Gasteiger partial charge in [0, 0.05) is 29.7 Å². The van der Waals surface area contributed by atoms with E-state index >= 15 is 0 Å². The Labute approximate surface area is 258 Å². The molecule has 0 aliphatic carbocycles. The standard InChI is InChI=1S/C37H38N2O5/c1-43-37(42)34(39-33-19-12-11-18-32(33)36(41)30-16-8-4-9-17-30)27-29-21-23-31(24-22-29)44-26-25-38-35(40)20-10-3-7-15-28-13-5-2-6-14-28/h2-9,11-14,16-19,21-24,34,39H,10,15,20,25-27H2,1H3,(H,38,40)/t34-/m0/s1. The van der Waals surface area contributed by atoms with E-state index in [1.165, 1.54) is 12.7 Å². The predicted molar refractivity (Wildman–Crippen MR) is 173 cm³/mol. The Hall–Kier alpha value is -5.17. The maximum absolute atomic E-state index is 13.1. The summed E-state index contributed by atoms with van der Waals surface area (Å²) in [5.74, 6) is 0.0790. The number of ether oxygens (including phenoxy) is 2. The molecule has 0 aromatic heterocycles. The Morgan fingerprint density at radius 1 is 0.773 bits per heavy atom. The lowest BCUT2D eigenvalue weighted by Gasteiger charge is -2.20. The molecule has 4 rings (SSSR count). The molecule has 0 spiro atoms. The lowest BCUT2D eigenvalue weighted by atomic mass is 10.00. The molecular weight excluding hydrogens is 552 g/mol. The number of hydrogen-bond acceptors (Lipinski definition) is 6. The molecule has 2 N–H and O–H groups in total. The predicted octanol–water partition coefficient (Wildman–Crippen LogP) is 6.19. The van der Waals surface area contributed by atoms with Crippen molar-refractivity contribution in [3.05, 3.63) is 144 Å². The number of anilines is 1. The zero-order valence-electron chi connectivity index (χ0n) is 24.9. The van der Waals surface area contributed by atoms with Crippen molar-refractivity contribution in [1.29, 1.82) is 0 Å². The van der Waals surface area contributed by atoms with E-state index < -0.39 is 12.0 Å². The van der Waals surface area contributed by atoms with E-state index in [0.29, 0.717) is 55.0 Å². The number of ketones is 1. The lowest BCUT2D eigenvalue weighted by Crippen LogP contribution is -2.33. The first kappa shape index (κ1) is 31.8. The first-order chi connectivity index (χ1) is 21.5. The molecular formula is C37H38N2O5. The highest BCUT2D eigenvalue weighted by Gasteiger charge is 2.22. The van der Waals surface area contributed by atoms with Crippen molar-refractivity contribution in [2.75, 3.05) is 25.6 Å². The van der Waals surface area contributed by atoms with Crippen molar-refractivity contribution < 1.29 is 23.9 Å². The lowest BCUT2D eigenvalue weighted by molar-refractivity contribution is -0.141. The summed E-state index contributed by atoms with van der Waals surface area (Å²) >= 11 is 0. The van der Waals surface area contributed by atoms with Gasteiger partial charge in [-0.05, 0) is 48.2 Å². The van der Waals surface area contributed by atoms with E-state index in [1.807, 2.05) is 72.8 Å². The zero-order chi connectivity index (χ0) is 31.0. The Morgan fingerprint density at radius 3 is 2.18 bits per heavy atom. The van der Waals surface area contributed by atoms with Gasteiger partial charge in [-0.2, -0.15) is 0 Å². The summed E-state index contributed by atoms with van der Waals surface area (Å²) in [7, 11) is 1.34. The molecule has 226 valence electrons. The minimum Gasteiger partial charge on any atom is -0.492 e. The summed E-state index contributed by atoms with van der Waals surface area (Å²) in [6.07, 6.45) is 6.45. The Balaban J connectivity index is 1.23. The third-order valence-corrected chi connectivity index (χ3v) is 6.98. The van der Waals surface area contributed by atoms with Crippen LogP contribution in [0.15, 0.2) is 121 Å². The van der Waals surface area contributed by atoms with E-state index in [-0.39, 0.29) is 11.7 Å². The molecule has 4 aromatic rings. The van der Waals surface area contributed by atoms with Crippen LogP contribution in [0.4, 0.5) is 5.69 Å². The third-order valence-electron chi connectivity index (χ3n) is 6.98. The molecule has 1 amide bonds. The van der Waals surface area contributed by atoms with Crippen molar-refractivity contribution >= 4 is 23.3 Å². The number of carbonyl (C=O) groups excluding carboxylic acids is 3. The number of allylic oxidation sites excluding steroid dienone is 2. The van der Waals surface area contributed by atoms with Gasteiger partial charge >= 0.3 is 5.97 Å². The molecule has 0 unspecified atom stereocenters. The maximum atomic E-state index is 13.1.